The third kappa shape index (κ3) is 3.08. The first kappa shape index (κ1) is 15.6. The lowest BCUT2D eigenvalue weighted by molar-refractivity contribution is -0.360. The number of hydrogen-bond acceptors (Lipinski definition) is 6. The summed E-state index contributed by atoms with van der Waals surface area (Å²) in [6, 6.07) is 9.44. The Morgan fingerprint density at radius 2 is 1.95 bits per heavy atom. The van der Waals surface area contributed by atoms with Crippen LogP contribution >= 0.6 is 0 Å². The molecule has 2 aliphatic rings. The lowest BCUT2D eigenvalue weighted by Crippen LogP contribution is -2.62. The topological polar surface area (TPSA) is 77.4 Å². The van der Waals surface area contributed by atoms with Crippen LogP contribution in [0.25, 0.3) is 0 Å². The molecule has 0 aromatic heterocycles. The molecule has 6 heteroatoms. The monoisotopic (exact) mass is 308 g/mol. The summed E-state index contributed by atoms with van der Waals surface area (Å²) in [6.45, 7) is 4.01. The van der Waals surface area contributed by atoms with Crippen LogP contribution in [0.1, 0.15) is 11.9 Å². The molecule has 0 spiro atoms. The van der Waals surface area contributed by atoms with Crippen molar-refractivity contribution >= 4 is 0 Å². The molecule has 120 valence electrons. The number of benzene rings is 1. The Bertz CT molecular complexity index is 491. The Kier molecular flexibility index (Phi) is 4.87. The van der Waals surface area contributed by atoms with Gasteiger partial charge in [0.25, 0.3) is 0 Å². The van der Waals surface area contributed by atoms with Gasteiger partial charge in [-0.25, -0.2) is 0 Å². The number of aliphatic hydroxyl groups excluding tert-OH is 2. The first-order chi connectivity index (χ1) is 10.7. The van der Waals surface area contributed by atoms with Gasteiger partial charge >= 0.3 is 0 Å². The summed E-state index contributed by atoms with van der Waals surface area (Å²) < 4.78 is 22.4. The molecular weight excluding hydrogens is 288 g/mol. The number of fused-ring (bicyclic) bond motifs is 1. The molecule has 0 bridgehead atoms. The van der Waals surface area contributed by atoms with Gasteiger partial charge in [-0.15, -0.1) is 6.58 Å². The molecule has 2 N–H and O–H groups in total. The predicted octanol–water partition coefficient (Wildman–Crippen LogP) is 0.750. The van der Waals surface area contributed by atoms with Gasteiger partial charge in [0.05, 0.1) is 13.2 Å². The van der Waals surface area contributed by atoms with Gasteiger partial charge in [0.15, 0.2) is 12.6 Å². The zero-order valence-corrected chi connectivity index (χ0v) is 12.1. The SMILES string of the molecule is C=CCO[C@@H]1O[C@@H]2CO[C@H](c3ccccc3)O[C@@H]2[C@H](O)[C@@H]1O. The molecule has 6 nitrogen and oxygen atoms in total. The van der Waals surface area contributed by atoms with Gasteiger partial charge in [0.2, 0.25) is 0 Å². The number of rotatable bonds is 4. The average Bonchev–Trinajstić information content (AvgIpc) is 2.57. The fraction of sp³-hybridized carbons (Fsp3) is 0.500. The highest BCUT2D eigenvalue weighted by molar-refractivity contribution is 5.16. The van der Waals surface area contributed by atoms with Crippen LogP contribution in [-0.2, 0) is 18.9 Å². The highest BCUT2D eigenvalue weighted by Crippen LogP contribution is 2.34. The summed E-state index contributed by atoms with van der Waals surface area (Å²) in [4.78, 5) is 0. The van der Waals surface area contributed by atoms with Crippen LogP contribution in [0.2, 0.25) is 0 Å². The van der Waals surface area contributed by atoms with Crippen molar-refractivity contribution in [1.82, 2.24) is 0 Å². The normalized spacial score (nSPS) is 38.3. The maximum Gasteiger partial charge on any atom is 0.187 e. The van der Waals surface area contributed by atoms with Crippen molar-refractivity contribution in [2.75, 3.05) is 13.2 Å². The van der Waals surface area contributed by atoms with Crippen LogP contribution in [0.5, 0.6) is 0 Å². The quantitative estimate of drug-likeness (QED) is 0.799. The zero-order chi connectivity index (χ0) is 15.5. The van der Waals surface area contributed by atoms with E-state index in [4.69, 9.17) is 18.9 Å². The summed E-state index contributed by atoms with van der Waals surface area (Å²) in [5, 5.41) is 20.4. The van der Waals surface area contributed by atoms with Gasteiger partial charge in [-0.05, 0) is 0 Å². The molecule has 2 aliphatic heterocycles. The van der Waals surface area contributed by atoms with Crippen molar-refractivity contribution in [3.8, 4) is 0 Å². The number of ether oxygens (including phenoxy) is 4. The smallest absolute Gasteiger partial charge is 0.187 e. The van der Waals surface area contributed by atoms with E-state index in [1.807, 2.05) is 30.3 Å². The van der Waals surface area contributed by atoms with Crippen LogP contribution < -0.4 is 0 Å². The van der Waals surface area contributed by atoms with Crippen molar-refractivity contribution in [3.05, 3.63) is 48.6 Å². The second-order valence-corrected chi connectivity index (χ2v) is 5.32. The van der Waals surface area contributed by atoms with E-state index >= 15 is 0 Å². The van der Waals surface area contributed by atoms with Gasteiger partial charge < -0.3 is 29.2 Å². The average molecular weight is 308 g/mol. The minimum Gasteiger partial charge on any atom is -0.387 e. The largest absolute Gasteiger partial charge is 0.387 e. The minimum atomic E-state index is -1.18. The first-order valence-corrected chi connectivity index (χ1v) is 7.27. The van der Waals surface area contributed by atoms with Gasteiger partial charge in [-0.2, -0.15) is 0 Å². The fourth-order valence-electron chi connectivity index (χ4n) is 2.66. The van der Waals surface area contributed by atoms with E-state index < -0.39 is 37.0 Å². The van der Waals surface area contributed by atoms with Gasteiger partial charge in [-0.3, -0.25) is 0 Å². The molecular formula is C16H20O6. The van der Waals surface area contributed by atoms with Crippen molar-refractivity contribution in [3.63, 3.8) is 0 Å². The Morgan fingerprint density at radius 1 is 1.18 bits per heavy atom. The van der Waals surface area contributed by atoms with Gasteiger partial charge in [-0.1, -0.05) is 36.4 Å². The molecule has 2 saturated heterocycles. The second kappa shape index (κ2) is 6.87. The van der Waals surface area contributed by atoms with E-state index in [1.54, 1.807) is 6.08 Å². The molecule has 0 amide bonds. The molecule has 0 saturated carbocycles. The lowest BCUT2D eigenvalue weighted by Gasteiger charge is -2.46. The zero-order valence-electron chi connectivity index (χ0n) is 12.1. The Morgan fingerprint density at radius 3 is 2.68 bits per heavy atom. The summed E-state index contributed by atoms with van der Waals surface area (Å²) in [5.41, 5.74) is 0.854. The molecule has 2 fully saturated rings. The van der Waals surface area contributed by atoms with Crippen LogP contribution in [0.3, 0.4) is 0 Å². The molecule has 6 atom stereocenters. The molecule has 0 unspecified atom stereocenters. The summed E-state index contributed by atoms with van der Waals surface area (Å²) in [6.07, 6.45) is -3.41. The van der Waals surface area contributed by atoms with Gasteiger partial charge in [0, 0.05) is 5.56 Å². The molecule has 2 heterocycles. The predicted molar refractivity (Wildman–Crippen MR) is 76.8 cm³/mol. The minimum absolute atomic E-state index is 0.222. The third-order valence-electron chi connectivity index (χ3n) is 3.78. The standard InChI is InChI=1S/C16H20O6/c1-2-8-19-16-13(18)12(17)14-11(21-16)9-20-15(22-14)10-6-4-3-5-7-10/h2-7,11-18H,1,8-9H2/t11-,12-,13+,14+,15+,16-/m1/s1. The lowest BCUT2D eigenvalue weighted by atomic mass is 9.98. The first-order valence-electron chi connectivity index (χ1n) is 7.27. The van der Waals surface area contributed by atoms with E-state index in [0.29, 0.717) is 0 Å². The summed E-state index contributed by atoms with van der Waals surface area (Å²) in [5.74, 6) is 0. The third-order valence-corrected chi connectivity index (χ3v) is 3.78. The molecule has 0 aliphatic carbocycles. The summed E-state index contributed by atoms with van der Waals surface area (Å²) in [7, 11) is 0. The maximum absolute atomic E-state index is 10.3. The van der Waals surface area contributed by atoms with E-state index in [1.165, 1.54) is 0 Å². The van der Waals surface area contributed by atoms with Crippen LogP contribution in [0.15, 0.2) is 43.0 Å². The Balaban J connectivity index is 1.69. The highest BCUT2D eigenvalue weighted by atomic mass is 16.8. The molecule has 0 radical (unpaired) electrons. The van der Waals surface area contributed by atoms with Crippen LogP contribution in [0, 0.1) is 0 Å². The molecule has 1 aromatic carbocycles. The van der Waals surface area contributed by atoms with E-state index in [0.717, 1.165) is 5.56 Å². The van der Waals surface area contributed by atoms with E-state index in [9.17, 15) is 10.2 Å². The van der Waals surface area contributed by atoms with Crippen molar-refractivity contribution < 1.29 is 29.2 Å². The fourth-order valence-corrected chi connectivity index (χ4v) is 2.66. The second-order valence-electron chi connectivity index (χ2n) is 5.32. The van der Waals surface area contributed by atoms with E-state index in [2.05, 4.69) is 6.58 Å². The molecule has 3 rings (SSSR count). The number of aliphatic hydroxyl groups is 2. The van der Waals surface area contributed by atoms with Crippen molar-refractivity contribution in [2.45, 2.75) is 37.0 Å². The maximum atomic E-state index is 10.3. The van der Waals surface area contributed by atoms with Gasteiger partial charge in [0.1, 0.15) is 24.4 Å². The number of hydrogen-bond donors (Lipinski definition) is 2. The van der Waals surface area contributed by atoms with Crippen molar-refractivity contribution in [1.29, 1.82) is 0 Å². The van der Waals surface area contributed by atoms with Crippen LogP contribution in [0.4, 0.5) is 0 Å². The summed E-state index contributed by atoms with van der Waals surface area (Å²) >= 11 is 0. The Labute approximate surface area is 128 Å². The molecule has 22 heavy (non-hydrogen) atoms. The van der Waals surface area contributed by atoms with Crippen LogP contribution in [-0.4, -0.2) is 54.1 Å². The Hall–Kier alpha value is -1.28. The van der Waals surface area contributed by atoms with E-state index in [-0.39, 0.29) is 13.2 Å². The highest BCUT2D eigenvalue weighted by Gasteiger charge is 2.49. The molecule has 1 aromatic rings. The van der Waals surface area contributed by atoms with Crippen molar-refractivity contribution in [2.24, 2.45) is 0 Å².